The molecule has 2 heteroatoms. The fraction of sp³-hybridized carbons (Fsp3) is 0.667. The maximum atomic E-state index is 11.5. The van der Waals surface area contributed by atoms with E-state index in [0.29, 0.717) is 11.8 Å². The smallest absolute Gasteiger partial charge is 0.225 e. The highest BCUT2D eigenvalue weighted by Crippen LogP contribution is 2.31. The van der Waals surface area contributed by atoms with E-state index < -0.39 is 0 Å². The first-order valence-corrected chi connectivity index (χ1v) is 4.32. The molecule has 11 heavy (non-hydrogen) atoms. The minimum Gasteiger partial charge on any atom is -0.338 e. The van der Waals surface area contributed by atoms with Crippen molar-refractivity contribution in [2.45, 2.75) is 19.3 Å². The number of nitrogens with zero attached hydrogens (tertiary/aromatic N) is 1. The van der Waals surface area contributed by atoms with Crippen molar-refractivity contribution < 1.29 is 4.79 Å². The highest BCUT2D eigenvalue weighted by Gasteiger charge is 2.32. The van der Waals surface area contributed by atoms with Gasteiger partial charge in [-0.05, 0) is 19.3 Å². The van der Waals surface area contributed by atoms with E-state index in [4.69, 9.17) is 0 Å². The Morgan fingerprint density at radius 3 is 2.73 bits per heavy atom. The first-order valence-electron chi connectivity index (χ1n) is 4.32. The molecular formula is C9H13NO. The zero-order valence-electron chi connectivity index (χ0n) is 6.62. The van der Waals surface area contributed by atoms with Gasteiger partial charge in [-0.15, -0.1) is 0 Å². The minimum absolute atomic E-state index is 0.384. The quantitative estimate of drug-likeness (QED) is 0.515. The fourth-order valence-electron chi connectivity index (χ4n) is 1.43. The molecule has 2 nitrogen and oxygen atoms in total. The summed E-state index contributed by atoms with van der Waals surface area (Å²) in [7, 11) is 0. The van der Waals surface area contributed by atoms with Crippen LogP contribution in [0, 0.1) is 5.92 Å². The molecule has 60 valence electrons. The van der Waals surface area contributed by atoms with Gasteiger partial charge in [-0.2, -0.15) is 0 Å². The summed E-state index contributed by atoms with van der Waals surface area (Å²) in [6.45, 7) is 1.78. The molecule has 0 unspecified atom stereocenters. The lowest BCUT2D eigenvalue weighted by atomic mass is 10.2. The largest absolute Gasteiger partial charge is 0.338 e. The topological polar surface area (TPSA) is 20.3 Å². The second-order valence-electron chi connectivity index (χ2n) is 3.32. The van der Waals surface area contributed by atoms with E-state index in [1.807, 2.05) is 4.90 Å². The number of carbonyl (C=O) groups excluding carboxylic acids is 1. The molecule has 0 N–H and O–H groups in total. The van der Waals surface area contributed by atoms with Crippen LogP contribution in [0.4, 0.5) is 0 Å². The summed E-state index contributed by atoms with van der Waals surface area (Å²) < 4.78 is 0. The zero-order valence-corrected chi connectivity index (χ0v) is 6.62. The Balaban J connectivity index is 1.92. The molecule has 2 rings (SSSR count). The molecule has 1 saturated carbocycles. The highest BCUT2D eigenvalue weighted by atomic mass is 16.2. The normalized spacial score (nSPS) is 23.8. The third-order valence-corrected chi connectivity index (χ3v) is 2.30. The van der Waals surface area contributed by atoms with Gasteiger partial charge >= 0.3 is 0 Å². The molecule has 0 spiro atoms. The number of amides is 1. The van der Waals surface area contributed by atoms with Crippen molar-refractivity contribution >= 4 is 5.91 Å². The lowest BCUT2D eigenvalue weighted by molar-refractivity contribution is -0.132. The number of rotatable bonds is 1. The van der Waals surface area contributed by atoms with Crippen molar-refractivity contribution in [3.63, 3.8) is 0 Å². The average Bonchev–Trinajstić information content (AvgIpc) is 2.87. The molecule has 2 aliphatic rings. The van der Waals surface area contributed by atoms with Crippen molar-refractivity contribution in [1.29, 1.82) is 0 Å². The van der Waals surface area contributed by atoms with E-state index in [1.165, 1.54) is 0 Å². The summed E-state index contributed by atoms with van der Waals surface area (Å²) in [5, 5.41) is 0. The SMILES string of the molecule is O=C(C1CC1)N1CC=CCC1. The van der Waals surface area contributed by atoms with E-state index in [1.54, 1.807) is 0 Å². The lowest BCUT2D eigenvalue weighted by Gasteiger charge is -2.23. The molecule has 1 heterocycles. The maximum Gasteiger partial charge on any atom is 0.225 e. The highest BCUT2D eigenvalue weighted by molar-refractivity contribution is 5.81. The number of carbonyl (C=O) groups is 1. The summed E-state index contributed by atoms with van der Waals surface area (Å²) in [4.78, 5) is 13.4. The van der Waals surface area contributed by atoms with Gasteiger partial charge in [0.2, 0.25) is 5.91 Å². The van der Waals surface area contributed by atoms with Gasteiger partial charge in [-0.3, -0.25) is 4.79 Å². The Morgan fingerprint density at radius 2 is 2.18 bits per heavy atom. The Hall–Kier alpha value is -0.790. The van der Waals surface area contributed by atoms with E-state index in [9.17, 15) is 4.79 Å². The zero-order chi connectivity index (χ0) is 7.68. The van der Waals surface area contributed by atoms with Gasteiger partial charge in [0.05, 0.1) is 0 Å². The van der Waals surface area contributed by atoms with Crippen LogP contribution in [0.1, 0.15) is 19.3 Å². The summed E-state index contributed by atoms with van der Waals surface area (Å²) in [6.07, 6.45) is 7.52. The molecule has 0 aromatic carbocycles. The van der Waals surface area contributed by atoms with Crippen molar-refractivity contribution in [2.75, 3.05) is 13.1 Å². The van der Waals surface area contributed by atoms with Crippen molar-refractivity contribution in [1.82, 2.24) is 4.90 Å². The standard InChI is InChI=1S/C9H13NO/c11-9(8-4-5-8)10-6-2-1-3-7-10/h1-2,8H,3-7H2. The van der Waals surface area contributed by atoms with Crippen LogP contribution in [0.25, 0.3) is 0 Å². The second-order valence-corrected chi connectivity index (χ2v) is 3.32. The Morgan fingerprint density at radius 1 is 1.36 bits per heavy atom. The molecule has 1 fully saturated rings. The maximum absolute atomic E-state index is 11.5. The molecule has 0 aromatic rings. The molecule has 1 aliphatic heterocycles. The first-order chi connectivity index (χ1) is 5.38. The third kappa shape index (κ3) is 1.44. The van der Waals surface area contributed by atoms with Crippen LogP contribution in [0.3, 0.4) is 0 Å². The first kappa shape index (κ1) is 6.89. The molecule has 1 aliphatic carbocycles. The molecule has 0 saturated heterocycles. The fourth-order valence-corrected chi connectivity index (χ4v) is 1.43. The minimum atomic E-state index is 0.384. The third-order valence-electron chi connectivity index (χ3n) is 2.30. The van der Waals surface area contributed by atoms with Crippen LogP contribution in [-0.2, 0) is 4.79 Å². The van der Waals surface area contributed by atoms with Gasteiger partial charge in [0.25, 0.3) is 0 Å². The van der Waals surface area contributed by atoms with Gasteiger partial charge in [-0.25, -0.2) is 0 Å². The van der Waals surface area contributed by atoms with Crippen LogP contribution < -0.4 is 0 Å². The molecule has 0 bridgehead atoms. The van der Waals surface area contributed by atoms with Crippen molar-refractivity contribution in [3.05, 3.63) is 12.2 Å². The Kier molecular flexibility index (Phi) is 1.68. The molecule has 0 aromatic heterocycles. The molecule has 0 radical (unpaired) electrons. The predicted molar refractivity (Wildman–Crippen MR) is 43.1 cm³/mol. The van der Waals surface area contributed by atoms with E-state index >= 15 is 0 Å². The lowest BCUT2D eigenvalue weighted by Crippen LogP contribution is -2.34. The Labute approximate surface area is 66.9 Å². The summed E-state index contributed by atoms with van der Waals surface area (Å²) in [5.74, 6) is 0.774. The molecular weight excluding hydrogens is 138 g/mol. The van der Waals surface area contributed by atoms with Crippen molar-refractivity contribution in [3.8, 4) is 0 Å². The number of hydrogen-bond donors (Lipinski definition) is 0. The van der Waals surface area contributed by atoms with Crippen LogP contribution >= 0.6 is 0 Å². The van der Waals surface area contributed by atoms with E-state index in [2.05, 4.69) is 12.2 Å². The van der Waals surface area contributed by atoms with E-state index in [0.717, 1.165) is 32.4 Å². The van der Waals surface area contributed by atoms with Gasteiger partial charge in [0.1, 0.15) is 0 Å². The van der Waals surface area contributed by atoms with Crippen LogP contribution in [0.2, 0.25) is 0 Å². The number of hydrogen-bond acceptors (Lipinski definition) is 1. The summed E-state index contributed by atoms with van der Waals surface area (Å²) in [5.41, 5.74) is 0. The molecule has 0 atom stereocenters. The average molecular weight is 151 g/mol. The summed E-state index contributed by atoms with van der Waals surface area (Å²) >= 11 is 0. The second kappa shape index (κ2) is 2.68. The van der Waals surface area contributed by atoms with Gasteiger partial charge < -0.3 is 4.90 Å². The monoisotopic (exact) mass is 151 g/mol. The predicted octanol–water partition coefficient (Wildman–Crippen LogP) is 1.18. The van der Waals surface area contributed by atoms with Crippen LogP contribution in [0.15, 0.2) is 12.2 Å². The van der Waals surface area contributed by atoms with Crippen LogP contribution in [0.5, 0.6) is 0 Å². The van der Waals surface area contributed by atoms with Gasteiger partial charge in [0.15, 0.2) is 0 Å². The van der Waals surface area contributed by atoms with Gasteiger partial charge in [-0.1, -0.05) is 12.2 Å². The van der Waals surface area contributed by atoms with Gasteiger partial charge in [0, 0.05) is 19.0 Å². The summed E-state index contributed by atoms with van der Waals surface area (Å²) in [6, 6.07) is 0. The van der Waals surface area contributed by atoms with Crippen LogP contribution in [-0.4, -0.2) is 23.9 Å². The molecule has 1 amide bonds. The van der Waals surface area contributed by atoms with E-state index in [-0.39, 0.29) is 0 Å². The Bertz CT molecular complexity index is 194. The van der Waals surface area contributed by atoms with Crippen molar-refractivity contribution in [2.24, 2.45) is 5.92 Å².